The van der Waals surface area contributed by atoms with E-state index in [0.717, 1.165) is 5.56 Å². The topological polar surface area (TPSA) is 29.5 Å². The Balaban J connectivity index is 2.01. The molecule has 3 nitrogen and oxygen atoms in total. The quantitative estimate of drug-likeness (QED) is 0.768. The molecule has 0 radical (unpaired) electrons. The number of alkyl halides is 3. The number of hydrogen-bond donors (Lipinski definition) is 0. The van der Waals surface area contributed by atoms with Crippen molar-refractivity contribution in [2.75, 3.05) is 24.7 Å². The van der Waals surface area contributed by atoms with Crippen molar-refractivity contribution in [1.82, 2.24) is 0 Å². The minimum absolute atomic E-state index is 0.363. The highest BCUT2D eigenvalue weighted by Crippen LogP contribution is 2.17. The van der Waals surface area contributed by atoms with E-state index in [2.05, 4.69) is 4.74 Å². The van der Waals surface area contributed by atoms with Crippen LogP contribution in [0.5, 0.6) is 0 Å². The maximum Gasteiger partial charge on any atom is 0.411 e. The molecule has 0 aliphatic carbocycles. The van der Waals surface area contributed by atoms with Crippen molar-refractivity contribution in [2.24, 2.45) is 0 Å². The Morgan fingerprint density at radius 2 is 1.54 bits per heavy atom. The van der Waals surface area contributed by atoms with Crippen molar-refractivity contribution >= 4 is 11.6 Å². The Kier molecular flexibility index (Phi) is 6.37. The van der Waals surface area contributed by atoms with Crippen LogP contribution in [-0.2, 0) is 16.0 Å². The van der Waals surface area contributed by atoms with Gasteiger partial charge in [0.15, 0.2) is 0 Å². The van der Waals surface area contributed by atoms with Gasteiger partial charge in [-0.25, -0.2) is 0 Å². The lowest BCUT2D eigenvalue weighted by Gasteiger charge is -2.23. The van der Waals surface area contributed by atoms with Crippen LogP contribution in [-0.4, -0.2) is 31.8 Å². The van der Waals surface area contributed by atoms with E-state index in [9.17, 15) is 18.0 Å². The summed E-state index contributed by atoms with van der Waals surface area (Å²) in [6.45, 7) is -1.68. The third kappa shape index (κ3) is 6.04. The van der Waals surface area contributed by atoms with E-state index < -0.39 is 25.3 Å². The average molecular weight is 337 g/mol. The van der Waals surface area contributed by atoms with E-state index in [1.807, 2.05) is 36.4 Å². The van der Waals surface area contributed by atoms with Gasteiger partial charge in [-0.05, 0) is 24.1 Å². The van der Waals surface area contributed by atoms with Crippen molar-refractivity contribution in [3.63, 3.8) is 0 Å². The summed E-state index contributed by atoms with van der Waals surface area (Å²) < 4.78 is 40.9. The second-order valence-electron chi connectivity index (χ2n) is 5.22. The van der Waals surface area contributed by atoms with Crippen molar-refractivity contribution < 1.29 is 22.7 Å². The molecule has 0 aromatic heterocycles. The fraction of sp³-hybridized carbons (Fsp3) is 0.278. The van der Waals surface area contributed by atoms with Crippen molar-refractivity contribution in [3.05, 3.63) is 66.2 Å². The Labute approximate surface area is 138 Å². The highest BCUT2D eigenvalue weighted by Gasteiger charge is 2.28. The summed E-state index contributed by atoms with van der Waals surface area (Å²) in [7, 11) is 0. The number of rotatable bonds is 7. The molecule has 0 unspecified atom stereocenters. The molecule has 24 heavy (non-hydrogen) atoms. The molecule has 0 fully saturated rings. The van der Waals surface area contributed by atoms with E-state index in [1.54, 1.807) is 24.3 Å². The summed E-state index contributed by atoms with van der Waals surface area (Å²) >= 11 is 0. The van der Waals surface area contributed by atoms with Crippen molar-refractivity contribution in [2.45, 2.75) is 12.6 Å². The summed E-state index contributed by atoms with van der Waals surface area (Å²) in [5.41, 5.74) is 1.68. The molecule has 0 heterocycles. The second-order valence-corrected chi connectivity index (χ2v) is 5.22. The molecule has 1 amide bonds. The van der Waals surface area contributed by atoms with Crippen LogP contribution >= 0.6 is 0 Å². The maximum atomic E-state index is 12.3. The van der Waals surface area contributed by atoms with Gasteiger partial charge in [-0.1, -0.05) is 48.5 Å². The molecule has 0 saturated carbocycles. The Hall–Kier alpha value is -2.34. The molecule has 0 aliphatic heterocycles. The first-order valence-corrected chi connectivity index (χ1v) is 7.49. The second kappa shape index (κ2) is 8.49. The van der Waals surface area contributed by atoms with Gasteiger partial charge in [0, 0.05) is 12.2 Å². The first-order chi connectivity index (χ1) is 11.5. The fourth-order valence-electron chi connectivity index (χ4n) is 2.22. The van der Waals surface area contributed by atoms with Gasteiger partial charge < -0.3 is 9.64 Å². The zero-order valence-electron chi connectivity index (χ0n) is 13.0. The molecule has 0 bridgehead atoms. The van der Waals surface area contributed by atoms with Crippen LogP contribution in [0.3, 0.4) is 0 Å². The monoisotopic (exact) mass is 337 g/mol. The number of carbonyl (C=O) groups is 1. The number of anilines is 1. The molecule has 0 N–H and O–H groups in total. The lowest BCUT2D eigenvalue weighted by molar-refractivity contribution is -0.175. The van der Waals surface area contributed by atoms with Crippen molar-refractivity contribution in [1.29, 1.82) is 0 Å². The first kappa shape index (κ1) is 18.0. The van der Waals surface area contributed by atoms with Gasteiger partial charge in [0.2, 0.25) is 0 Å². The van der Waals surface area contributed by atoms with E-state index in [4.69, 9.17) is 0 Å². The third-order valence-corrected chi connectivity index (χ3v) is 3.33. The zero-order chi connectivity index (χ0) is 17.4. The molecular formula is C18H18F3NO2. The van der Waals surface area contributed by atoms with Crippen LogP contribution in [0.1, 0.15) is 5.56 Å². The van der Waals surface area contributed by atoms with Gasteiger partial charge in [0.05, 0.1) is 0 Å². The van der Waals surface area contributed by atoms with Gasteiger partial charge in [0.25, 0.3) is 5.91 Å². The lowest BCUT2D eigenvalue weighted by Crippen LogP contribution is -2.36. The Morgan fingerprint density at radius 3 is 2.12 bits per heavy atom. The fourth-order valence-corrected chi connectivity index (χ4v) is 2.22. The minimum Gasteiger partial charge on any atom is -0.362 e. The largest absolute Gasteiger partial charge is 0.411 e. The van der Waals surface area contributed by atoms with Crippen LogP contribution < -0.4 is 4.90 Å². The molecule has 2 aromatic carbocycles. The standard InChI is InChI=1S/C18H18F3NO2/c19-18(20,21)14-24-13-17(23)22(16-9-5-2-6-10-16)12-11-15-7-3-1-4-8-15/h1-10H,11-14H2. The summed E-state index contributed by atoms with van der Waals surface area (Å²) in [6, 6.07) is 18.4. The van der Waals surface area contributed by atoms with Crippen LogP contribution in [0.4, 0.5) is 18.9 Å². The summed E-state index contributed by atoms with van der Waals surface area (Å²) in [5.74, 6) is -0.499. The molecule has 6 heteroatoms. The SMILES string of the molecule is O=C(COCC(F)(F)F)N(CCc1ccccc1)c1ccccc1. The summed E-state index contributed by atoms with van der Waals surface area (Å²) in [5, 5.41) is 0. The van der Waals surface area contributed by atoms with Crippen LogP contribution in [0.2, 0.25) is 0 Å². The van der Waals surface area contributed by atoms with E-state index >= 15 is 0 Å². The minimum atomic E-state index is -4.44. The smallest absolute Gasteiger partial charge is 0.362 e. The van der Waals surface area contributed by atoms with Crippen LogP contribution in [0.15, 0.2) is 60.7 Å². The lowest BCUT2D eigenvalue weighted by atomic mass is 10.1. The Morgan fingerprint density at radius 1 is 0.958 bits per heavy atom. The Bertz CT molecular complexity index is 630. The molecule has 0 aliphatic rings. The van der Waals surface area contributed by atoms with Gasteiger partial charge in [0.1, 0.15) is 13.2 Å². The van der Waals surface area contributed by atoms with E-state index in [0.29, 0.717) is 18.7 Å². The average Bonchev–Trinajstić information content (AvgIpc) is 2.56. The van der Waals surface area contributed by atoms with Gasteiger partial charge >= 0.3 is 6.18 Å². The van der Waals surface area contributed by atoms with E-state index in [-0.39, 0.29) is 0 Å². The molecule has 2 aromatic rings. The van der Waals surface area contributed by atoms with E-state index in [1.165, 1.54) is 4.90 Å². The van der Waals surface area contributed by atoms with Crippen LogP contribution in [0, 0.1) is 0 Å². The highest BCUT2D eigenvalue weighted by atomic mass is 19.4. The number of ether oxygens (including phenoxy) is 1. The van der Waals surface area contributed by atoms with Crippen molar-refractivity contribution in [3.8, 4) is 0 Å². The molecular weight excluding hydrogens is 319 g/mol. The molecule has 0 atom stereocenters. The van der Waals surface area contributed by atoms with Gasteiger partial charge in [-0.15, -0.1) is 0 Å². The predicted octanol–water partition coefficient (Wildman–Crippen LogP) is 3.84. The number of carbonyl (C=O) groups excluding carboxylic acids is 1. The normalized spacial score (nSPS) is 11.3. The zero-order valence-corrected chi connectivity index (χ0v) is 13.0. The first-order valence-electron chi connectivity index (χ1n) is 7.49. The summed E-state index contributed by atoms with van der Waals surface area (Å²) in [6.07, 6.45) is -3.84. The number of amides is 1. The third-order valence-electron chi connectivity index (χ3n) is 3.33. The van der Waals surface area contributed by atoms with Gasteiger partial charge in [-0.2, -0.15) is 13.2 Å². The summed E-state index contributed by atoms with van der Waals surface area (Å²) in [4.78, 5) is 13.7. The number of benzene rings is 2. The number of nitrogens with zero attached hydrogens (tertiary/aromatic N) is 1. The number of halogens is 3. The maximum absolute atomic E-state index is 12.3. The molecule has 0 spiro atoms. The number of hydrogen-bond acceptors (Lipinski definition) is 2. The van der Waals surface area contributed by atoms with Crippen LogP contribution in [0.25, 0.3) is 0 Å². The molecule has 2 rings (SSSR count). The van der Waals surface area contributed by atoms with Gasteiger partial charge in [-0.3, -0.25) is 4.79 Å². The molecule has 0 saturated heterocycles. The predicted molar refractivity (Wildman–Crippen MR) is 85.8 cm³/mol. The molecule has 128 valence electrons. The number of para-hydroxylation sites is 1. The highest BCUT2D eigenvalue weighted by molar-refractivity contribution is 5.94.